The van der Waals surface area contributed by atoms with Gasteiger partial charge in [-0.1, -0.05) is 0 Å². The van der Waals surface area contributed by atoms with Gasteiger partial charge in [0.15, 0.2) is 0 Å². The Labute approximate surface area is 99.1 Å². The van der Waals surface area contributed by atoms with Crippen molar-refractivity contribution in [2.75, 3.05) is 18.1 Å². The molecule has 0 saturated carbocycles. The molecule has 6 heteroatoms. The highest BCUT2D eigenvalue weighted by Gasteiger charge is 2.30. The Kier molecular flexibility index (Phi) is 4.92. The maximum Gasteiger partial charge on any atom is 0.410 e. The zero-order chi connectivity index (χ0) is 12.1. The van der Waals surface area contributed by atoms with Crippen LogP contribution in [0, 0.1) is 0 Å². The Hall–Kier alpha value is -0.910. The second-order valence-corrected chi connectivity index (χ2v) is 5.10. The normalized spacial score (nSPS) is 20.9. The molecule has 1 amide bonds. The minimum Gasteiger partial charge on any atom is -0.481 e. The molecule has 92 valence electrons. The Bertz CT molecular complexity index is 270. The van der Waals surface area contributed by atoms with Crippen LogP contribution in [0.4, 0.5) is 4.79 Å². The topological polar surface area (TPSA) is 66.8 Å². The lowest BCUT2D eigenvalue weighted by Gasteiger charge is -2.34. The van der Waals surface area contributed by atoms with Gasteiger partial charge in [0.25, 0.3) is 0 Å². The molecule has 1 atom stereocenters. The highest BCUT2D eigenvalue weighted by atomic mass is 32.2. The quantitative estimate of drug-likeness (QED) is 0.817. The number of rotatable bonds is 3. The van der Waals surface area contributed by atoms with E-state index in [0.717, 1.165) is 5.75 Å². The van der Waals surface area contributed by atoms with Gasteiger partial charge in [0.2, 0.25) is 0 Å². The van der Waals surface area contributed by atoms with Crippen LogP contribution in [0.1, 0.15) is 20.3 Å². The SMILES string of the molecule is CC(C)OC(=O)N1CCSCC1CC(=O)O. The van der Waals surface area contributed by atoms with Gasteiger partial charge >= 0.3 is 12.1 Å². The van der Waals surface area contributed by atoms with Gasteiger partial charge in [-0.25, -0.2) is 4.79 Å². The fraction of sp³-hybridized carbons (Fsp3) is 0.800. The van der Waals surface area contributed by atoms with Gasteiger partial charge in [-0.05, 0) is 13.8 Å². The summed E-state index contributed by atoms with van der Waals surface area (Å²) in [5, 5.41) is 8.76. The van der Waals surface area contributed by atoms with E-state index in [2.05, 4.69) is 0 Å². The van der Waals surface area contributed by atoms with E-state index in [1.165, 1.54) is 4.90 Å². The Morgan fingerprint density at radius 1 is 1.56 bits per heavy atom. The van der Waals surface area contributed by atoms with E-state index >= 15 is 0 Å². The van der Waals surface area contributed by atoms with Crippen molar-refractivity contribution in [1.82, 2.24) is 4.90 Å². The van der Waals surface area contributed by atoms with Gasteiger partial charge < -0.3 is 14.7 Å². The first-order valence-electron chi connectivity index (χ1n) is 5.27. The number of thioether (sulfide) groups is 1. The molecule has 0 spiro atoms. The van der Waals surface area contributed by atoms with Crippen LogP contribution >= 0.6 is 11.8 Å². The third-order valence-corrected chi connectivity index (χ3v) is 3.30. The van der Waals surface area contributed by atoms with E-state index < -0.39 is 12.1 Å². The van der Waals surface area contributed by atoms with Crippen molar-refractivity contribution in [1.29, 1.82) is 0 Å². The van der Waals surface area contributed by atoms with Crippen LogP contribution in [-0.4, -0.2) is 52.3 Å². The van der Waals surface area contributed by atoms with Gasteiger partial charge in [-0.2, -0.15) is 11.8 Å². The Balaban J connectivity index is 2.58. The minimum atomic E-state index is -0.880. The number of ether oxygens (including phenoxy) is 1. The molecule has 1 aliphatic rings. The molecule has 0 aromatic rings. The zero-order valence-corrected chi connectivity index (χ0v) is 10.3. The first-order valence-corrected chi connectivity index (χ1v) is 6.43. The molecule has 0 aliphatic carbocycles. The van der Waals surface area contributed by atoms with Gasteiger partial charge in [0.1, 0.15) is 0 Å². The summed E-state index contributed by atoms with van der Waals surface area (Å²) >= 11 is 1.67. The molecule has 1 rings (SSSR count). The lowest BCUT2D eigenvalue weighted by molar-refractivity contribution is -0.138. The number of aliphatic carboxylic acids is 1. The molecule has 1 fully saturated rings. The van der Waals surface area contributed by atoms with Crippen molar-refractivity contribution in [3.05, 3.63) is 0 Å². The fourth-order valence-electron chi connectivity index (χ4n) is 1.54. The molecular weight excluding hydrogens is 230 g/mol. The van der Waals surface area contributed by atoms with Crippen LogP contribution < -0.4 is 0 Å². The summed E-state index contributed by atoms with van der Waals surface area (Å²) < 4.78 is 5.09. The molecule has 16 heavy (non-hydrogen) atoms. The predicted molar refractivity (Wildman–Crippen MR) is 61.7 cm³/mol. The molecule has 0 aromatic heterocycles. The van der Waals surface area contributed by atoms with E-state index in [1.807, 2.05) is 0 Å². The van der Waals surface area contributed by atoms with Crippen LogP contribution in [0.25, 0.3) is 0 Å². The molecule has 1 N–H and O–H groups in total. The summed E-state index contributed by atoms with van der Waals surface area (Å²) in [5.41, 5.74) is 0. The molecular formula is C10H17NO4S. The van der Waals surface area contributed by atoms with Gasteiger partial charge in [-0.15, -0.1) is 0 Å². The van der Waals surface area contributed by atoms with Crippen LogP contribution in [0.5, 0.6) is 0 Å². The maximum atomic E-state index is 11.7. The summed E-state index contributed by atoms with van der Waals surface area (Å²) in [7, 11) is 0. The van der Waals surface area contributed by atoms with Crippen LogP contribution in [0.3, 0.4) is 0 Å². The summed E-state index contributed by atoms with van der Waals surface area (Å²) in [6.07, 6.45) is -0.589. The van der Waals surface area contributed by atoms with E-state index in [4.69, 9.17) is 9.84 Å². The van der Waals surface area contributed by atoms with Crippen molar-refractivity contribution in [3.63, 3.8) is 0 Å². The lowest BCUT2D eigenvalue weighted by atomic mass is 10.2. The van der Waals surface area contributed by atoms with Crippen molar-refractivity contribution >= 4 is 23.8 Å². The minimum absolute atomic E-state index is 0.0137. The number of hydrogen-bond acceptors (Lipinski definition) is 4. The van der Waals surface area contributed by atoms with Crippen molar-refractivity contribution in [3.8, 4) is 0 Å². The second kappa shape index (κ2) is 5.98. The highest BCUT2D eigenvalue weighted by molar-refractivity contribution is 7.99. The fourth-order valence-corrected chi connectivity index (χ4v) is 2.60. The summed E-state index contributed by atoms with van der Waals surface area (Å²) in [6, 6.07) is -0.248. The molecule has 0 bridgehead atoms. The number of carboxylic acid groups (broad SMARTS) is 1. The van der Waals surface area contributed by atoms with Crippen molar-refractivity contribution in [2.24, 2.45) is 0 Å². The average Bonchev–Trinajstić information content (AvgIpc) is 2.16. The number of amides is 1. The monoisotopic (exact) mass is 247 g/mol. The van der Waals surface area contributed by atoms with Crippen molar-refractivity contribution < 1.29 is 19.4 Å². The maximum absolute atomic E-state index is 11.7. The standard InChI is InChI=1S/C10H17NO4S/c1-7(2)15-10(14)11-3-4-16-6-8(11)5-9(12)13/h7-8H,3-6H2,1-2H3,(H,12,13). The highest BCUT2D eigenvalue weighted by Crippen LogP contribution is 2.20. The van der Waals surface area contributed by atoms with Crippen LogP contribution in [-0.2, 0) is 9.53 Å². The molecule has 5 nitrogen and oxygen atoms in total. The number of hydrogen-bond donors (Lipinski definition) is 1. The lowest BCUT2D eigenvalue weighted by Crippen LogP contribution is -2.47. The Morgan fingerprint density at radius 2 is 2.25 bits per heavy atom. The number of carbonyl (C=O) groups is 2. The zero-order valence-electron chi connectivity index (χ0n) is 9.51. The van der Waals surface area contributed by atoms with Crippen LogP contribution in [0.2, 0.25) is 0 Å². The molecule has 1 unspecified atom stereocenters. The smallest absolute Gasteiger partial charge is 0.410 e. The largest absolute Gasteiger partial charge is 0.481 e. The third kappa shape index (κ3) is 3.92. The molecule has 1 saturated heterocycles. The first kappa shape index (κ1) is 13.2. The molecule has 0 radical (unpaired) electrons. The van der Waals surface area contributed by atoms with E-state index in [1.54, 1.807) is 25.6 Å². The first-order chi connectivity index (χ1) is 7.50. The number of carbonyl (C=O) groups excluding carboxylic acids is 1. The average molecular weight is 247 g/mol. The number of nitrogens with zero attached hydrogens (tertiary/aromatic N) is 1. The van der Waals surface area contributed by atoms with E-state index in [9.17, 15) is 9.59 Å². The van der Waals surface area contributed by atoms with E-state index in [0.29, 0.717) is 12.3 Å². The third-order valence-electron chi connectivity index (χ3n) is 2.21. The van der Waals surface area contributed by atoms with Gasteiger partial charge in [0, 0.05) is 18.1 Å². The van der Waals surface area contributed by atoms with Crippen molar-refractivity contribution in [2.45, 2.75) is 32.4 Å². The van der Waals surface area contributed by atoms with Crippen LogP contribution in [0.15, 0.2) is 0 Å². The number of carboxylic acids is 1. The Morgan fingerprint density at radius 3 is 2.81 bits per heavy atom. The molecule has 1 aliphatic heterocycles. The van der Waals surface area contributed by atoms with Gasteiger partial charge in [-0.3, -0.25) is 4.79 Å². The van der Waals surface area contributed by atoms with Gasteiger partial charge in [0.05, 0.1) is 18.6 Å². The van der Waals surface area contributed by atoms with E-state index in [-0.39, 0.29) is 18.6 Å². The second-order valence-electron chi connectivity index (χ2n) is 3.95. The summed E-state index contributed by atoms with van der Waals surface area (Å²) in [4.78, 5) is 23.9. The molecule has 1 heterocycles. The predicted octanol–water partition coefficient (Wildman–Crippen LogP) is 1.42. The summed E-state index contributed by atoms with van der Waals surface area (Å²) in [5.74, 6) is 0.623. The molecule has 0 aromatic carbocycles. The summed E-state index contributed by atoms with van der Waals surface area (Å²) in [6.45, 7) is 4.12.